The summed E-state index contributed by atoms with van der Waals surface area (Å²) in [7, 11) is 0. The molecule has 0 aromatic rings. The van der Waals surface area contributed by atoms with E-state index in [9.17, 15) is 0 Å². The Labute approximate surface area is 49.0 Å². The Balaban J connectivity index is 2.33. The Hall–Kier alpha value is 0.310. The van der Waals surface area contributed by atoms with Gasteiger partial charge in [-0.3, -0.25) is 4.72 Å². The van der Waals surface area contributed by atoms with E-state index in [-0.39, 0.29) is 0 Å². The molecule has 1 rings (SSSR count). The molecule has 1 nitrogen and oxygen atoms in total. The predicted octanol–water partition coefficient (Wildman–Crippen LogP) is 1.26. The van der Waals surface area contributed by atoms with E-state index in [2.05, 4.69) is 18.6 Å². The quantitative estimate of drug-likeness (QED) is 0.479. The van der Waals surface area contributed by atoms with Crippen LogP contribution < -0.4 is 4.72 Å². The smallest absolute Gasteiger partial charge is 0.0202 e. The lowest BCUT2D eigenvalue weighted by atomic mass is 10.1. The summed E-state index contributed by atoms with van der Waals surface area (Å²) in [6.45, 7) is 5.72. The molecule has 0 aromatic heterocycles. The van der Waals surface area contributed by atoms with Crippen LogP contribution in [-0.4, -0.2) is 11.8 Å². The van der Waals surface area contributed by atoms with Gasteiger partial charge in [0.1, 0.15) is 0 Å². The molecule has 0 amide bonds. The first-order valence-corrected chi connectivity index (χ1v) is 3.57. The first kappa shape index (κ1) is 5.45. The molecule has 1 saturated heterocycles. The third-order valence-corrected chi connectivity index (χ3v) is 2.65. The lowest BCUT2D eigenvalue weighted by Gasteiger charge is -2.01. The molecule has 42 valence electrons. The maximum atomic E-state index is 3.24. The molecule has 7 heavy (non-hydrogen) atoms. The van der Waals surface area contributed by atoms with Gasteiger partial charge in [-0.2, -0.15) is 0 Å². The fourth-order valence-electron chi connectivity index (χ4n) is 0.593. The van der Waals surface area contributed by atoms with Crippen LogP contribution >= 0.6 is 11.9 Å². The van der Waals surface area contributed by atoms with Crippen LogP contribution in [-0.2, 0) is 0 Å². The van der Waals surface area contributed by atoms with Gasteiger partial charge in [0.15, 0.2) is 0 Å². The molecule has 0 unspecified atom stereocenters. The summed E-state index contributed by atoms with van der Waals surface area (Å²) in [6, 6.07) is 0. The van der Waals surface area contributed by atoms with E-state index in [1.54, 1.807) is 0 Å². The molecule has 1 heterocycles. The third-order valence-electron chi connectivity index (χ3n) is 1.48. The molecule has 0 radical (unpaired) electrons. The summed E-state index contributed by atoms with van der Waals surface area (Å²) in [5, 5.41) is 0.819. The van der Waals surface area contributed by atoms with Crippen molar-refractivity contribution in [1.82, 2.24) is 4.72 Å². The zero-order valence-electron chi connectivity index (χ0n) is 4.77. The van der Waals surface area contributed by atoms with E-state index in [1.807, 2.05) is 11.9 Å². The molecule has 2 atom stereocenters. The fourth-order valence-corrected chi connectivity index (χ4v) is 1.54. The SMILES string of the molecule is C[C@@H]1SNC[C@@H]1C. The van der Waals surface area contributed by atoms with Crippen molar-refractivity contribution in [3.05, 3.63) is 0 Å². The van der Waals surface area contributed by atoms with Gasteiger partial charge in [-0.05, 0) is 5.92 Å². The summed E-state index contributed by atoms with van der Waals surface area (Å²) in [6.07, 6.45) is 0. The van der Waals surface area contributed by atoms with Crippen LogP contribution in [0.1, 0.15) is 13.8 Å². The first-order valence-electron chi connectivity index (χ1n) is 2.69. The van der Waals surface area contributed by atoms with Crippen LogP contribution in [0.2, 0.25) is 0 Å². The average molecular weight is 117 g/mol. The van der Waals surface area contributed by atoms with E-state index in [0.29, 0.717) is 0 Å². The van der Waals surface area contributed by atoms with E-state index < -0.39 is 0 Å². The van der Waals surface area contributed by atoms with Gasteiger partial charge in [0, 0.05) is 11.8 Å². The van der Waals surface area contributed by atoms with Gasteiger partial charge in [-0.15, -0.1) is 0 Å². The van der Waals surface area contributed by atoms with Crippen LogP contribution in [0.25, 0.3) is 0 Å². The molecular weight excluding hydrogens is 106 g/mol. The Bertz CT molecular complexity index is 57.1. The lowest BCUT2D eigenvalue weighted by Crippen LogP contribution is -2.06. The van der Waals surface area contributed by atoms with E-state index in [1.165, 1.54) is 6.54 Å². The third kappa shape index (κ3) is 1.10. The molecule has 1 fully saturated rings. The molecule has 0 saturated carbocycles. The van der Waals surface area contributed by atoms with Gasteiger partial charge >= 0.3 is 0 Å². The lowest BCUT2D eigenvalue weighted by molar-refractivity contribution is 0.608. The van der Waals surface area contributed by atoms with Gasteiger partial charge in [0.2, 0.25) is 0 Å². The second-order valence-corrected chi connectivity index (χ2v) is 3.42. The Morgan fingerprint density at radius 3 is 2.43 bits per heavy atom. The Kier molecular flexibility index (Phi) is 1.60. The molecule has 2 heteroatoms. The summed E-state index contributed by atoms with van der Waals surface area (Å²) >= 11 is 1.86. The normalized spacial score (nSPS) is 42.0. The second kappa shape index (κ2) is 2.05. The number of rotatable bonds is 0. The molecule has 1 aliphatic rings. The number of hydrogen-bond donors (Lipinski definition) is 1. The van der Waals surface area contributed by atoms with Crippen LogP contribution in [0.5, 0.6) is 0 Å². The van der Waals surface area contributed by atoms with Crippen molar-refractivity contribution < 1.29 is 0 Å². The molecule has 0 aliphatic carbocycles. The van der Waals surface area contributed by atoms with Gasteiger partial charge < -0.3 is 0 Å². The summed E-state index contributed by atoms with van der Waals surface area (Å²) in [5.74, 6) is 0.866. The zero-order valence-corrected chi connectivity index (χ0v) is 5.59. The largest absolute Gasteiger partial charge is 0.264 e. The minimum absolute atomic E-state index is 0.819. The maximum absolute atomic E-state index is 3.24. The highest BCUT2D eigenvalue weighted by Crippen LogP contribution is 2.21. The molecule has 1 N–H and O–H groups in total. The van der Waals surface area contributed by atoms with Gasteiger partial charge in [0.25, 0.3) is 0 Å². The van der Waals surface area contributed by atoms with Gasteiger partial charge in [0.05, 0.1) is 0 Å². The number of nitrogens with one attached hydrogen (secondary N) is 1. The highest BCUT2D eigenvalue weighted by molar-refractivity contribution is 7.98. The van der Waals surface area contributed by atoms with E-state index >= 15 is 0 Å². The van der Waals surface area contributed by atoms with Gasteiger partial charge in [-0.25, -0.2) is 0 Å². The standard InChI is InChI=1S/C5H11NS/c1-4-3-6-7-5(4)2/h4-6H,3H2,1-2H3/t4-,5-/m0/s1. The van der Waals surface area contributed by atoms with Crippen molar-refractivity contribution >= 4 is 11.9 Å². The predicted molar refractivity (Wildman–Crippen MR) is 34.2 cm³/mol. The Morgan fingerprint density at radius 1 is 1.57 bits per heavy atom. The van der Waals surface area contributed by atoms with Crippen LogP contribution in [0.15, 0.2) is 0 Å². The highest BCUT2D eigenvalue weighted by atomic mass is 32.2. The van der Waals surface area contributed by atoms with Crippen LogP contribution in [0.4, 0.5) is 0 Å². The fraction of sp³-hybridized carbons (Fsp3) is 1.00. The van der Waals surface area contributed by atoms with Crippen molar-refractivity contribution in [1.29, 1.82) is 0 Å². The molecule has 1 aliphatic heterocycles. The van der Waals surface area contributed by atoms with E-state index in [4.69, 9.17) is 0 Å². The first-order chi connectivity index (χ1) is 3.30. The van der Waals surface area contributed by atoms with E-state index in [0.717, 1.165) is 11.2 Å². The van der Waals surface area contributed by atoms with Crippen molar-refractivity contribution in [3.63, 3.8) is 0 Å². The average Bonchev–Trinajstić information content (AvgIpc) is 1.91. The highest BCUT2D eigenvalue weighted by Gasteiger charge is 2.18. The molecular formula is C5H11NS. The van der Waals surface area contributed by atoms with Crippen molar-refractivity contribution in [2.24, 2.45) is 5.92 Å². The minimum atomic E-state index is 0.819. The van der Waals surface area contributed by atoms with Crippen molar-refractivity contribution in [2.45, 2.75) is 19.1 Å². The summed E-state index contributed by atoms with van der Waals surface area (Å²) < 4.78 is 3.24. The summed E-state index contributed by atoms with van der Waals surface area (Å²) in [5.41, 5.74) is 0. The topological polar surface area (TPSA) is 12.0 Å². The second-order valence-electron chi connectivity index (χ2n) is 2.15. The van der Waals surface area contributed by atoms with Crippen LogP contribution in [0, 0.1) is 5.92 Å². The van der Waals surface area contributed by atoms with Crippen molar-refractivity contribution in [2.75, 3.05) is 6.54 Å². The molecule has 0 bridgehead atoms. The summed E-state index contributed by atoms with van der Waals surface area (Å²) in [4.78, 5) is 0. The Morgan fingerprint density at radius 2 is 2.29 bits per heavy atom. The zero-order chi connectivity index (χ0) is 5.28. The minimum Gasteiger partial charge on any atom is -0.264 e. The van der Waals surface area contributed by atoms with Gasteiger partial charge in [-0.1, -0.05) is 25.8 Å². The monoisotopic (exact) mass is 117 g/mol. The maximum Gasteiger partial charge on any atom is 0.0202 e. The molecule has 0 aromatic carbocycles. The van der Waals surface area contributed by atoms with Crippen molar-refractivity contribution in [3.8, 4) is 0 Å². The molecule has 0 spiro atoms. The number of hydrogen-bond acceptors (Lipinski definition) is 2. The van der Waals surface area contributed by atoms with Crippen LogP contribution in [0.3, 0.4) is 0 Å².